The van der Waals surface area contributed by atoms with Crippen LogP contribution in [0.1, 0.15) is 53.9 Å². The van der Waals surface area contributed by atoms with Crippen molar-refractivity contribution in [1.29, 1.82) is 0 Å². The molecule has 1 aromatic heterocycles. The van der Waals surface area contributed by atoms with Gasteiger partial charge in [0.25, 0.3) is 5.91 Å². The highest BCUT2D eigenvalue weighted by molar-refractivity contribution is 5.93. The average Bonchev–Trinajstić information content (AvgIpc) is 2.78. The van der Waals surface area contributed by atoms with E-state index in [2.05, 4.69) is 9.98 Å². The number of halogens is 1. The maximum Gasteiger partial charge on any atom is 0.269 e. The van der Waals surface area contributed by atoms with Crippen LogP contribution in [0.2, 0.25) is 0 Å². The Bertz CT molecular complexity index is 779. The first kappa shape index (κ1) is 14.4. The molecule has 0 radical (unpaired) electrons. The molecule has 0 fully saturated rings. The molecule has 1 amide bonds. The van der Waals surface area contributed by atoms with E-state index < -0.39 is 5.91 Å². The molecular weight excluding hydrogens is 283 g/mol. The lowest BCUT2D eigenvalue weighted by atomic mass is 10.1. The highest BCUT2D eigenvalue weighted by Gasteiger charge is 2.27. The van der Waals surface area contributed by atoms with Gasteiger partial charge in [-0.15, -0.1) is 0 Å². The van der Waals surface area contributed by atoms with Gasteiger partial charge in [0, 0.05) is 18.2 Å². The molecule has 1 unspecified atom stereocenters. The van der Waals surface area contributed by atoms with Crippen LogP contribution in [0.25, 0.3) is 5.69 Å². The molecule has 0 bridgehead atoms. The van der Waals surface area contributed by atoms with E-state index in [-0.39, 0.29) is 17.6 Å². The molecule has 2 N–H and O–H groups in total. The van der Waals surface area contributed by atoms with Crippen LogP contribution < -0.4 is 5.73 Å². The minimum absolute atomic E-state index is 0.241. The smallest absolute Gasteiger partial charge is 0.269 e. The first-order valence-electron chi connectivity index (χ1n) is 7.27. The number of benzene rings is 1. The molecular formula is C16H17FN4O. The van der Waals surface area contributed by atoms with Gasteiger partial charge in [-0.1, -0.05) is 6.92 Å². The van der Waals surface area contributed by atoms with Gasteiger partial charge in [-0.3, -0.25) is 14.4 Å². The number of aryl methyl sites for hydroxylation is 1. The van der Waals surface area contributed by atoms with Gasteiger partial charge >= 0.3 is 0 Å². The number of fused-ring (bicyclic) bond motifs is 3. The zero-order chi connectivity index (χ0) is 15.9. The number of nitrogens with two attached hydrogens (primary N) is 1. The molecule has 0 spiro atoms. The van der Waals surface area contributed by atoms with Crippen molar-refractivity contribution in [2.45, 2.75) is 32.7 Å². The van der Waals surface area contributed by atoms with E-state index in [9.17, 15) is 9.18 Å². The predicted octanol–water partition coefficient (Wildman–Crippen LogP) is 2.56. The Hall–Kier alpha value is -2.50. The Balaban J connectivity index is 2.35. The lowest BCUT2D eigenvalue weighted by Crippen LogP contribution is -2.15. The molecule has 6 heteroatoms. The third-order valence-electron chi connectivity index (χ3n) is 3.75. The molecule has 0 saturated heterocycles. The van der Waals surface area contributed by atoms with Crippen molar-refractivity contribution in [3.8, 4) is 5.69 Å². The Morgan fingerprint density at radius 1 is 1.45 bits per heavy atom. The van der Waals surface area contributed by atoms with Crippen molar-refractivity contribution in [3.05, 3.63) is 46.8 Å². The summed E-state index contributed by atoms with van der Waals surface area (Å²) in [5.41, 5.74) is 7.82. The van der Waals surface area contributed by atoms with Crippen LogP contribution in [0.5, 0.6) is 0 Å². The molecule has 1 aromatic carbocycles. The topological polar surface area (TPSA) is 73.3 Å². The summed E-state index contributed by atoms with van der Waals surface area (Å²) in [5.74, 6) is -0.149. The van der Waals surface area contributed by atoms with E-state index in [0.29, 0.717) is 17.7 Å². The van der Waals surface area contributed by atoms with Crippen molar-refractivity contribution in [1.82, 2.24) is 9.55 Å². The van der Waals surface area contributed by atoms with Crippen LogP contribution in [0.4, 0.5) is 4.39 Å². The minimum atomic E-state index is -0.571. The van der Waals surface area contributed by atoms with Gasteiger partial charge in [0.15, 0.2) is 5.69 Å². The summed E-state index contributed by atoms with van der Waals surface area (Å²) < 4.78 is 15.4. The number of imidazole rings is 1. The van der Waals surface area contributed by atoms with Gasteiger partial charge < -0.3 is 5.73 Å². The molecule has 1 aliphatic rings. The summed E-state index contributed by atoms with van der Waals surface area (Å²) >= 11 is 0. The summed E-state index contributed by atoms with van der Waals surface area (Å²) in [6.07, 6.45) is 3.21. The second kappa shape index (κ2) is 5.36. The molecule has 22 heavy (non-hydrogen) atoms. The number of aromatic nitrogens is 2. The van der Waals surface area contributed by atoms with Gasteiger partial charge in [-0.25, -0.2) is 9.37 Å². The van der Waals surface area contributed by atoms with Gasteiger partial charge in [-0.2, -0.15) is 0 Å². The van der Waals surface area contributed by atoms with Crippen molar-refractivity contribution < 1.29 is 9.18 Å². The second-order valence-electron chi connectivity index (χ2n) is 5.37. The number of amides is 1. The fraction of sp³-hybridized carbons (Fsp3) is 0.312. The highest BCUT2D eigenvalue weighted by Crippen LogP contribution is 2.31. The van der Waals surface area contributed by atoms with Crippen molar-refractivity contribution in [2.24, 2.45) is 10.7 Å². The largest absolute Gasteiger partial charge is 0.364 e. The lowest BCUT2D eigenvalue weighted by Gasteiger charge is -2.14. The molecule has 1 atom stereocenters. The van der Waals surface area contributed by atoms with E-state index in [1.54, 1.807) is 12.3 Å². The third-order valence-corrected chi connectivity index (χ3v) is 3.75. The summed E-state index contributed by atoms with van der Waals surface area (Å²) in [5, 5.41) is 0. The number of hydrogen-bond donors (Lipinski definition) is 1. The molecule has 2 aromatic rings. The molecule has 5 nitrogen and oxygen atoms in total. The molecule has 114 valence electrons. The van der Waals surface area contributed by atoms with E-state index in [4.69, 9.17) is 5.73 Å². The standard InChI is InChI=1S/C16H17FN4O/c1-3-4-13-20-14(16(18)22)15-9(2)19-8-10-7-11(17)5-6-12(10)21(13)15/h5-9H,3-4H2,1-2H3,(H2,18,22). The molecule has 0 aliphatic carbocycles. The van der Waals surface area contributed by atoms with Crippen LogP contribution in [-0.2, 0) is 6.42 Å². The number of hydrogen-bond acceptors (Lipinski definition) is 3. The summed E-state index contributed by atoms with van der Waals surface area (Å²) in [7, 11) is 0. The van der Waals surface area contributed by atoms with Gasteiger partial charge in [-0.05, 0) is 31.5 Å². The third kappa shape index (κ3) is 2.20. The van der Waals surface area contributed by atoms with Crippen LogP contribution in [0.15, 0.2) is 23.2 Å². The van der Waals surface area contributed by atoms with Crippen molar-refractivity contribution in [2.75, 3.05) is 0 Å². The monoisotopic (exact) mass is 300 g/mol. The quantitative estimate of drug-likeness (QED) is 0.946. The first-order valence-corrected chi connectivity index (χ1v) is 7.27. The minimum Gasteiger partial charge on any atom is -0.364 e. The van der Waals surface area contributed by atoms with E-state index in [1.807, 2.05) is 18.4 Å². The van der Waals surface area contributed by atoms with Gasteiger partial charge in [0.2, 0.25) is 0 Å². The number of carbonyl (C=O) groups excluding carboxylic acids is 1. The average molecular weight is 300 g/mol. The zero-order valence-electron chi connectivity index (χ0n) is 12.5. The van der Waals surface area contributed by atoms with E-state index >= 15 is 0 Å². The van der Waals surface area contributed by atoms with Gasteiger partial charge in [0.05, 0.1) is 17.4 Å². The Morgan fingerprint density at radius 2 is 2.23 bits per heavy atom. The number of carbonyl (C=O) groups is 1. The normalized spacial score (nSPS) is 16.0. The molecule has 1 aliphatic heterocycles. The SMILES string of the molecule is CCCc1nc(C(N)=O)c2n1-c1ccc(F)cc1C=NC2C. The van der Waals surface area contributed by atoms with Crippen molar-refractivity contribution in [3.63, 3.8) is 0 Å². The van der Waals surface area contributed by atoms with Gasteiger partial charge in [0.1, 0.15) is 11.6 Å². The first-order chi connectivity index (χ1) is 10.5. The van der Waals surface area contributed by atoms with E-state index in [0.717, 1.165) is 17.9 Å². The summed E-state index contributed by atoms with van der Waals surface area (Å²) in [4.78, 5) is 20.6. The molecule has 0 saturated carbocycles. The predicted molar refractivity (Wildman–Crippen MR) is 82.0 cm³/mol. The van der Waals surface area contributed by atoms with Crippen molar-refractivity contribution >= 4 is 12.1 Å². The molecule has 3 rings (SSSR count). The second-order valence-corrected chi connectivity index (χ2v) is 5.37. The maximum absolute atomic E-state index is 13.5. The van der Waals surface area contributed by atoms with Crippen LogP contribution in [0.3, 0.4) is 0 Å². The van der Waals surface area contributed by atoms with Crippen LogP contribution in [-0.4, -0.2) is 21.7 Å². The number of primary amides is 1. The number of nitrogens with zero attached hydrogens (tertiary/aromatic N) is 3. The number of aliphatic imine (C=N–C) groups is 1. The summed E-state index contributed by atoms with van der Waals surface area (Å²) in [6, 6.07) is 4.23. The fourth-order valence-electron chi connectivity index (χ4n) is 2.80. The fourth-order valence-corrected chi connectivity index (χ4v) is 2.80. The Kier molecular flexibility index (Phi) is 3.52. The highest BCUT2D eigenvalue weighted by atomic mass is 19.1. The lowest BCUT2D eigenvalue weighted by molar-refractivity contribution is 0.0994. The maximum atomic E-state index is 13.5. The Labute approximate surface area is 127 Å². The number of rotatable bonds is 3. The molecule has 2 heterocycles. The van der Waals surface area contributed by atoms with Crippen LogP contribution >= 0.6 is 0 Å². The zero-order valence-corrected chi connectivity index (χ0v) is 12.5. The van der Waals surface area contributed by atoms with E-state index in [1.165, 1.54) is 12.1 Å². The Morgan fingerprint density at radius 3 is 2.91 bits per heavy atom. The van der Waals surface area contributed by atoms with Crippen LogP contribution in [0, 0.1) is 5.82 Å². The summed E-state index contributed by atoms with van der Waals surface area (Å²) in [6.45, 7) is 3.90.